The van der Waals surface area contributed by atoms with Crippen LogP contribution in [0.25, 0.3) is 0 Å². The molecule has 0 unspecified atom stereocenters. The molecule has 2 aromatic rings. The third-order valence-corrected chi connectivity index (χ3v) is 2.80. The number of ether oxygens (including phenoxy) is 1. The van der Waals surface area contributed by atoms with Crippen LogP contribution in [0, 0.1) is 0 Å². The van der Waals surface area contributed by atoms with Crippen molar-refractivity contribution in [2.24, 2.45) is 0 Å². The molecule has 0 spiro atoms. The SMILES string of the molecule is CCN(Cc1ccncc1)c1nc(NC)nc(OC)n1. The maximum atomic E-state index is 5.10. The molecule has 0 saturated carbocycles. The molecule has 0 fully saturated rings. The second-order valence-electron chi connectivity index (χ2n) is 4.07. The summed E-state index contributed by atoms with van der Waals surface area (Å²) < 4.78 is 5.10. The summed E-state index contributed by atoms with van der Waals surface area (Å²) in [6.45, 7) is 3.53. The molecule has 0 radical (unpaired) electrons. The fraction of sp³-hybridized carbons (Fsp3) is 0.385. The third kappa shape index (κ3) is 3.31. The first-order valence-corrected chi connectivity index (χ1v) is 6.38. The zero-order valence-electron chi connectivity index (χ0n) is 11.9. The molecule has 0 bridgehead atoms. The third-order valence-electron chi connectivity index (χ3n) is 2.80. The maximum Gasteiger partial charge on any atom is 0.322 e. The van der Waals surface area contributed by atoms with Crippen molar-refractivity contribution in [3.05, 3.63) is 30.1 Å². The van der Waals surface area contributed by atoms with Crippen molar-refractivity contribution in [1.82, 2.24) is 19.9 Å². The summed E-state index contributed by atoms with van der Waals surface area (Å²) in [7, 11) is 3.30. The van der Waals surface area contributed by atoms with Crippen LogP contribution in [0.3, 0.4) is 0 Å². The molecule has 0 aliphatic carbocycles. The van der Waals surface area contributed by atoms with E-state index < -0.39 is 0 Å². The highest BCUT2D eigenvalue weighted by atomic mass is 16.5. The maximum absolute atomic E-state index is 5.10. The van der Waals surface area contributed by atoms with Crippen molar-refractivity contribution in [3.8, 4) is 6.01 Å². The number of pyridine rings is 1. The fourth-order valence-corrected chi connectivity index (χ4v) is 1.72. The Balaban J connectivity index is 2.26. The molecule has 2 heterocycles. The molecular weight excluding hydrogens is 256 g/mol. The van der Waals surface area contributed by atoms with Gasteiger partial charge in [0.05, 0.1) is 7.11 Å². The van der Waals surface area contributed by atoms with Gasteiger partial charge in [0.2, 0.25) is 11.9 Å². The topological polar surface area (TPSA) is 76.1 Å². The summed E-state index contributed by atoms with van der Waals surface area (Å²) in [5.74, 6) is 1.07. The highest BCUT2D eigenvalue weighted by molar-refractivity contribution is 5.38. The number of nitrogens with one attached hydrogen (secondary N) is 1. The van der Waals surface area contributed by atoms with E-state index in [1.54, 1.807) is 19.4 Å². The monoisotopic (exact) mass is 274 g/mol. The first-order chi connectivity index (χ1) is 9.76. The number of hydrogen-bond acceptors (Lipinski definition) is 7. The number of methoxy groups -OCH3 is 1. The lowest BCUT2D eigenvalue weighted by molar-refractivity contribution is 0.378. The lowest BCUT2D eigenvalue weighted by atomic mass is 10.2. The van der Waals surface area contributed by atoms with Crippen LogP contribution in [0.4, 0.5) is 11.9 Å². The molecule has 0 saturated heterocycles. The first kappa shape index (κ1) is 14.0. The van der Waals surface area contributed by atoms with Gasteiger partial charge in [-0.05, 0) is 24.6 Å². The van der Waals surface area contributed by atoms with Crippen LogP contribution in [0.15, 0.2) is 24.5 Å². The summed E-state index contributed by atoms with van der Waals surface area (Å²) in [5, 5.41) is 2.91. The van der Waals surface area contributed by atoms with Crippen molar-refractivity contribution < 1.29 is 4.74 Å². The quantitative estimate of drug-likeness (QED) is 0.851. The summed E-state index contributed by atoms with van der Waals surface area (Å²) in [6.07, 6.45) is 3.55. The second kappa shape index (κ2) is 6.65. The van der Waals surface area contributed by atoms with Crippen molar-refractivity contribution in [1.29, 1.82) is 0 Å². The van der Waals surface area contributed by atoms with E-state index in [0.717, 1.165) is 12.1 Å². The van der Waals surface area contributed by atoms with Gasteiger partial charge in [-0.2, -0.15) is 15.0 Å². The second-order valence-corrected chi connectivity index (χ2v) is 4.07. The molecule has 2 rings (SSSR count). The molecule has 20 heavy (non-hydrogen) atoms. The van der Waals surface area contributed by atoms with Crippen LogP contribution in [0.1, 0.15) is 12.5 Å². The summed E-state index contributed by atoms with van der Waals surface area (Å²) in [5.41, 5.74) is 1.15. The van der Waals surface area contributed by atoms with E-state index in [0.29, 0.717) is 24.5 Å². The minimum atomic E-state index is 0.299. The number of hydrogen-bond donors (Lipinski definition) is 1. The number of aromatic nitrogens is 4. The zero-order valence-corrected chi connectivity index (χ0v) is 11.9. The molecule has 0 amide bonds. The Morgan fingerprint density at radius 2 is 1.95 bits per heavy atom. The highest BCUT2D eigenvalue weighted by Crippen LogP contribution is 2.16. The smallest absolute Gasteiger partial charge is 0.322 e. The van der Waals surface area contributed by atoms with Gasteiger partial charge in [0.15, 0.2) is 0 Å². The minimum absolute atomic E-state index is 0.299. The molecule has 7 heteroatoms. The summed E-state index contributed by atoms with van der Waals surface area (Å²) in [6, 6.07) is 4.24. The molecule has 0 atom stereocenters. The number of rotatable bonds is 6. The summed E-state index contributed by atoms with van der Waals surface area (Å²) in [4.78, 5) is 18.8. The van der Waals surface area contributed by atoms with Crippen LogP contribution in [0.2, 0.25) is 0 Å². The van der Waals surface area contributed by atoms with Crippen molar-refractivity contribution >= 4 is 11.9 Å². The molecule has 0 aliphatic heterocycles. The lowest BCUT2D eigenvalue weighted by Gasteiger charge is -2.21. The van der Waals surface area contributed by atoms with Crippen molar-refractivity contribution in [2.75, 3.05) is 30.9 Å². The normalized spacial score (nSPS) is 10.2. The summed E-state index contributed by atoms with van der Waals surface area (Å²) >= 11 is 0. The Labute approximate surface area is 118 Å². The van der Waals surface area contributed by atoms with Gasteiger partial charge in [-0.3, -0.25) is 4.98 Å². The van der Waals surface area contributed by atoms with Gasteiger partial charge in [0.25, 0.3) is 0 Å². The lowest BCUT2D eigenvalue weighted by Crippen LogP contribution is -2.25. The minimum Gasteiger partial charge on any atom is -0.467 e. The molecule has 0 aromatic carbocycles. The average molecular weight is 274 g/mol. The predicted octanol–water partition coefficient (Wildman–Crippen LogP) is 1.34. The molecular formula is C13H18N6O. The van der Waals surface area contributed by atoms with Crippen LogP contribution >= 0.6 is 0 Å². The first-order valence-electron chi connectivity index (χ1n) is 6.38. The van der Waals surface area contributed by atoms with Gasteiger partial charge in [0, 0.05) is 32.5 Å². The number of nitrogens with zero attached hydrogens (tertiary/aromatic N) is 5. The zero-order chi connectivity index (χ0) is 14.4. The Morgan fingerprint density at radius 3 is 2.55 bits per heavy atom. The molecule has 106 valence electrons. The van der Waals surface area contributed by atoms with Gasteiger partial charge in [-0.1, -0.05) is 0 Å². The Morgan fingerprint density at radius 1 is 1.20 bits per heavy atom. The van der Waals surface area contributed by atoms with E-state index in [-0.39, 0.29) is 0 Å². The van der Waals surface area contributed by atoms with E-state index in [2.05, 4.69) is 32.2 Å². The predicted molar refractivity (Wildman–Crippen MR) is 76.9 cm³/mol. The highest BCUT2D eigenvalue weighted by Gasteiger charge is 2.12. The molecule has 7 nitrogen and oxygen atoms in total. The van der Waals surface area contributed by atoms with Gasteiger partial charge in [-0.25, -0.2) is 0 Å². The largest absolute Gasteiger partial charge is 0.467 e. The molecule has 0 aliphatic rings. The van der Waals surface area contributed by atoms with Crippen LogP contribution in [0.5, 0.6) is 6.01 Å². The van der Waals surface area contributed by atoms with E-state index in [1.165, 1.54) is 7.11 Å². The van der Waals surface area contributed by atoms with E-state index in [1.807, 2.05) is 17.0 Å². The Kier molecular flexibility index (Phi) is 4.65. The standard InChI is InChI=1S/C13H18N6O/c1-4-19(9-10-5-7-15-8-6-10)12-16-11(14-2)17-13(18-12)20-3/h5-8H,4,9H2,1-3H3,(H,14,16,17,18). The van der Waals surface area contributed by atoms with Crippen LogP contribution < -0.4 is 15.0 Å². The van der Waals surface area contributed by atoms with Crippen LogP contribution in [-0.2, 0) is 6.54 Å². The van der Waals surface area contributed by atoms with Gasteiger partial charge in [0.1, 0.15) is 0 Å². The van der Waals surface area contributed by atoms with Gasteiger partial charge < -0.3 is 15.0 Å². The van der Waals surface area contributed by atoms with E-state index in [9.17, 15) is 0 Å². The Bertz CT molecular complexity index is 526. The van der Waals surface area contributed by atoms with Gasteiger partial charge >= 0.3 is 6.01 Å². The fourth-order valence-electron chi connectivity index (χ4n) is 1.72. The van der Waals surface area contributed by atoms with Gasteiger partial charge in [-0.15, -0.1) is 0 Å². The van der Waals surface area contributed by atoms with E-state index >= 15 is 0 Å². The van der Waals surface area contributed by atoms with Crippen LogP contribution in [-0.4, -0.2) is 40.6 Å². The number of anilines is 2. The average Bonchev–Trinajstić information content (AvgIpc) is 2.53. The molecule has 2 aromatic heterocycles. The van der Waals surface area contributed by atoms with Crippen molar-refractivity contribution in [3.63, 3.8) is 0 Å². The van der Waals surface area contributed by atoms with E-state index in [4.69, 9.17) is 4.74 Å². The Hall–Kier alpha value is -2.44. The molecule has 1 N–H and O–H groups in total. The van der Waals surface area contributed by atoms with Crippen molar-refractivity contribution in [2.45, 2.75) is 13.5 Å².